The molecule has 2 atom stereocenters. The summed E-state index contributed by atoms with van der Waals surface area (Å²) in [4.78, 5) is 14.9. The molecule has 0 radical (unpaired) electrons. The number of benzene rings is 2. The summed E-state index contributed by atoms with van der Waals surface area (Å²) in [7, 11) is -8.04. The fourth-order valence-corrected chi connectivity index (χ4v) is 50.9. The van der Waals surface area contributed by atoms with Gasteiger partial charge in [-0.1, -0.05) is 74.8 Å². The fraction of sp³-hybridized carbons (Fsp3) is 0.516. The lowest BCUT2D eigenvalue weighted by atomic mass is 9.76. The summed E-state index contributed by atoms with van der Waals surface area (Å²) in [5, 5.41) is 0. The van der Waals surface area contributed by atoms with Gasteiger partial charge in [-0.3, -0.25) is 4.79 Å². The van der Waals surface area contributed by atoms with E-state index in [-0.39, 0.29) is 17.4 Å². The number of fused-ring (bicyclic) bond motifs is 1. The molecule has 224 valence electrons. The van der Waals surface area contributed by atoms with Crippen LogP contribution in [0.2, 0.25) is 45.3 Å². The van der Waals surface area contributed by atoms with Crippen molar-refractivity contribution in [2.24, 2.45) is 5.41 Å². The Kier molecular flexibility index (Phi) is 8.04. The van der Waals surface area contributed by atoms with Gasteiger partial charge in [0.15, 0.2) is 0 Å². The lowest BCUT2D eigenvalue weighted by molar-refractivity contribution is -0.165. The summed E-state index contributed by atoms with van der Waals surface area (Å²) < 4.78 is 42.1. The van der Waals surface area contributed by atoms with Crippen LogP contribution in [0.5, 0.6) is 5.75 Å². The first kappa shape index (κ1) is 31.9. The topological polar surface area (TPSA) is 72.9 Å². The summed E-state index contributed by atoms with van der Waals surface area (Å²) in [6.07, 6.45) is 0. The van der Waals surface area contributed by atoms with Crippen LogP contribution in [-0.2, 0) is 19.6 Å². The first-order chi connectivity index (χ1) is 18.7. The number of esters is 1. The second-order valence-electron chi connectivity index (χ2n) is 14.8. The van der Waals surface area contributed by atoms with Crippen molar-refractivity contribution in [3.05, 3.63) is 70.9 Å². The summed E-state index contributed by atoms with van der Waals surface area (Å²) in [5.41, 5.74) is 3.42. The number of carbonyl (C=O) groups is 1. The minimum absolute atomic E-state index is 0.190. The zero-order valence-electron chi connectivity index (χ0n) is 26.6. The smallest absolute Gasteiger partial charge is 0.318 e. The van der Waals surface area contributed by atoms with Crippen LogP contribution in [0, 0.1) is 12.3 Å². The number of aryl methyl sites for hydroxylation is 1. The third kappa shape index (κ3) is 5.35. The van der Waals surface area contributed by atoms with Crippen LogP contribution >= 0.6 is 0 Å². The maximum Gasteiger partial charge on any atom is 0.318 e. The van der Waals surface area contributed by atoms with Crippen molar-refractivity contribution < 1.29 is 22.7 Å². The molecule has 2 heterocycles. The van der Waals surface area contributed by atoms with E-state index in [1.807, 2.05) is 64.1 Å². The Bertz CT molecular complexity index is 1440. The predicted octanol–water partition coefficient (Wildman–Crippen LogP) is 6.84. The molecule has 0 spiro atoms. The molecule has 0 bridgehead atoms. The molecule has 10 heteroatoms. The first-order valence-electron chi connectivity index (χ1n) is 14.4. The van der Waals surface area contributed by atoms with Crippen LogP contribution in [0.3, 0.4) is 0 Å². The highest BCUT2D eigenvalue weighted by atomic mass is 32.2. The maximum atomic E-state index is 14.7. The van der Waals surface area contributed by atoms with Crippen LogP contribution in [0.4, 0.5) is 0 Å². The number of sulfonamides is 1. The van der Waals surface area contributed by atoms with E-state index in [0.717, 1.165) is 16.7 Å². The minimum Gasteiger partial charge on any atom is -0.497 e. The number of methoxy groups -OCH3 is 1. The first-order valence-corrected chi connectivity index (χ1v) is 27.1. The van der Waals surface area contributed by atoms with Crippen molar-refractivity contribution in [1.29, 1.82) is 0 Å². The van der Waals surface area contributed by atoms with E-state index in [1.54, 1.807) is 23.5 Å². The maximum absolute atomic E-state index is 14.7. The van der Waals surface area contributed by atoms with E-state index < -0.39 is 49.4 Å². The Hall–Kier alpha value is -1.99. The molecule has 0 unspecified atom stereocenters. The second kappa shape index (κ2) is 10.3. The van der Waals surface area contributed by atoms with Crippen molar-refractivity contribution in [3.63, 3.8) is 0 Å². The van der Waals surface area contributed by atoms with Crippen LogP contribution in [0.15, 0.2) is 64.7 Å². The van der Waals surface area contributed by atoms with E-state index in [2.05, 4.69) is 45.0 Å². The van der Waals surface area contributed by atoms with Crippen molar-refractivity contribution in [3.8, 4) is 5.75 Å². The van der Waals surface area contributed by atoms with E-state index >= 15 is 0 Å². The van der Waals surface area contributed by atoms with Gasteiger partial charge in [0, 0.05) is 21.7 Å². The van der Waals surface area contributed by atoms with E-state index in [0.29, 0.717) is 11.8 Å². The Labute approximate surface area is 249 Å². The van der Waals surface area contributed by atoms with Gasteiger partial charge in [0.2, 0.25) is 10.0 Å². The summed E-state index contributed by atoms with van der Waals surface area (Å²) in [6.45, 7) is 22.5. The molecule has 0 aromatic heterocycles. The fourth-order valence-electron chi connectivity index (χ4n) is 7.07. The molecule has 41 heavy (non-hydrogen) atoms. The number of ether oxygens (including phenoxy) is 2. The molecular formula is C31H47NO5SSi3. The molecule has 0 N–H and O–H groups in total. The minimum atomic E-state index is -3.94. The Morgan fingerprint density at radius 3 is 1.95 bits per heavy atom. The van der Waals surface area contributed by atoms with Crippen molar-refractivity contribution >= 4 is 38.3 Å². The average Bonchev–Trinajstić information content (AvgIpc) is 3.36. The standard InChI is InChI=1S/C31H47NO5SSi3/c1-23-12-18-27(19-13-23)38(34,35)32-20-25-21-41(39(6,7)8,40(9,10)11)22-31(25,29(33)37-30(2,3)4)28(32)24-14-16-26(36-5)17-15-24/h12-19,21,28H,20,22H2,1-11H3/t28-,31+/m0/s1. The van der Waals surface area contributed by atoms with Gasteiger partial charge in [-0.2, -0.15) is 4.31 Å². The molecule has 0 saturated carbocycles. The molecule has 2 aliphatic heterocycles. The number of hydrogen-bond donors (Lipinski definition) is 0. The Morgan fingerprint density at radius 1 is 0.951 bits per heavy atom. The summed E-state index contributed by atoms with van der Waals surface area (Å²) in [6, 6.07) is 14.5. The highest BCUT2D eigenvalue weighted by molar-refractivity contribution is 7.89. The highest BCUT2D eigenvalue weighted by Gasteiger charge is 2.71. The number of rotatable bonds is 7. The molecule has 2 aliphatic rings. The van der Waals surface area contributed by atoms with E-state index in [9.17, 15) is 13.2 Å². The number of hydrogen-bond acceptors (Lipinski definition) is 5. The van der Waals surface area contributed by atoms with Crippen molar-refractivity contribution in [2.45, 2.75) is 89.6 Å². The van der Waals surface area contributed by atoms with Gasteiger partial charge in [-0.05, 0) is 69.1 Å². The van der Waals surface area contributed by atoms with Crippen LogP contribution in [0.25, 0.3) is 0 Å². The Balaban J connectivity index is 2.05. The second-order valence-corrected chi connectivity index (χ2v) is 44.2. The zero-order chi connectivity index (χ0) is 30.8. The molecule has 6 nitrogen and oxygen atoms in total. The third-order valence-corrected chi connectivity index (χ3v) is 49.8. The molecule has 2 aromatic carbocycles. The molecular weight excluding hydrogens is 583 g/mol. The molecule has 2 aromatic rings. The lowest BCUT2D eigenvalue weighted by Crippen LogP contribution is -2.71. The summed E-state index contributed by atoms with van der Waals surface area (Å²) >= 11 is 0. The number of nitrogens with zero attached hydrogens (tertiary/aromatic N) is 1. The predicted molar refractivity (Wildman–Crippen MR) is 174 cm³/mol. The van der Waals surface area contributed by atoms with E-state index in [4.69, 9.17) is 9.47 Å². The number of carbonyl (C=O) groups excluding carboxylic acids is 1. The molecule has 0 amide bonds. The lowest BCUT2D eigenvalue weighted by Gasteiger charge is -2.49. The van der Waals surface area contributed by atoms with Gasteiger partial charge < -0.3 is 9.47 Å². The SMILES string of the molecule is COc1ccc([C@@H]2N(S(=O)(=O)c3ccc(C)cc3)CC3=C[Si]([Si](C)(C)C)([Si](C)(C)C)C[C@@]32C(=O)OC(C)(C)C)cc1. The van der Waals surface area contributed by atoms with Gasteiger partial charge in [-0.15, -0.1) is 0 Å². The molecule has 4 rings (SSSR count). The molecule has 1 fully saturated rings. The van der Waals surface area contributed by atoms with Gasteiger partial charge in [0.1, 0.15) is 16.8 Å². The molecule has 0 aliphatic carbocycles. The summed E-state index contributed by atoms with van der Waals surface area (Å²) in [5.74, 6) is 0.380. The average molecular weight is 630 g/mol. The Morgan fingerprint density at radius 2 is 1.49 bits per heavy atom. The van der Waals surface area contributed by atoms with Gasteiger partial charge in [-0.25, -0.2) is 8.42 Å². The van der Waals surface area contributed by atoms with Crippen molar-refractivity contribution in [2.75, 3.05) is 13.7 Å². The third-order valence-electron chi connectivity index (χ3n) is 9.13. The van der Waals surface area contributed by atoms with Crippen LogP contribution in [0.1, 0.15) is 37.9 Å². The molecule has 1 saturated heterocycles. The zero-order valence-corrected chi connectivity index (χ0v) is 30.4. The van der Waals surface area contributed by atoms with Gasteiger partial charge >= 0.3 is 5.97 Å². The van der Waals surface area contributed by atoms with E-state index in [1.165, 1.54) is 0 Å². The normalized spacial score (nSPS) is 23.2. The van der Waals surface area contributed by atoms with Crippen molar-refractivity contribution in [1.82, 2.24) is 4.31 Å². The largest absolute Gasteiger partial charge is 0.497 e. The van der Waals surface area contributed by atoms with Gasteiger partial charge in [0.25, 0.3) is 0 Å². The van der Waals surface area contributed by atoms with Gasteiger partial charge in [0.05, 0.1) is 25.2 Å². The van der Waals surface area contributed by atoms with Crippen LogP contribution in [-0.4, -0.2) is 60.2 Å². The monoisotopic (exact) mass is 629 g/mol. The quantitative estimate of drug-likeness (QED) is 0.248. The highest BCUT2D eigenvalue weighted by Crippen LogP contribution is 2.63. The van der Waals surface area contributed by atoms with Crippen LogP contribution < -0.4 is 4.74 Å².